The highest BCUT2D eigenvalue weighted by molar-refractivity contribution is 5.85. The number of hydrogen-bond donors (Lipinski definition) is 1. The lowest BCUT2D eigenvalue weighted by Crippen LogP contribution is -2.04. The number of benzene rings is 2. The zero-order valence-electron chi connectivity index (χ0n) is 15.8. The number of ether oxygens (including phenoxy) is 1. The molecule has 1 N–H and O–H groups in total. The van der Waals surface area contributed by atoms with Crippen LogP contribution in [-0.4, -0.2) is 31.8 Å². The molecule has 0 saturated heterocycles. The first-order valence-electron chi connectivity index (χ1n) is 8.79. The number of methoxy groups -OCH3 is 1. The van der Waals surface area contributed by atoms with Gasteiger partial charge in [-0.15, -0.1) is 5.10 Å². The van der Waals surface area contributed by atoms with Gasteiger partial charge in [0.25, 0.3) is 0 Å². The minimum Gasteiger partial charge on any atom is -0.364 e. The van der Waals surface area contributed by atoms with E-state index in [4.69, 9.17) is 4.74 Å². The van der Waals surface area contributed by atoms with Crippen molar-refractivity contribution in [2.45, 2.75) is 20.1 Å². The Morgan fingerprint density at radius 2 is 1.63 bits per heavy atom. The van der Waals surface area contributed by atoms with Crippen LogP contribution in [0, 0.1) is 13.8 Å². The minimum absolute atomic E-state index is 0.652. The quantitative estimate of drug-likeness (QED) is 0.563. The molecule has 4 aromatic rings. The molecule has 0 aliphatic carbocycles. The third-order valence-corrected chi connectivity index (χ3v) is 4.95. The molecule has 0 fully saturated rings. The van der Waals surface area contributed by atoms with E-state index in [0.717, 1.165) is 27.8 Å². The van der Waals surface area contributed by atoms with Gasteiger partial charge < -0.3 is 14.4 Å². The standard InChI is InChI=1S/C21H22N4O2/c1-13-5-6-14(2)25(13)17-9-7-15(8-10-17)16-11-18(21(26)27-4)20-19(12-16)22-23-24(20)3/h5-12,21,26H,1-4H3. The van der Waals surface area contributed by atoms with Gasteiger partial charge in [-0.2, -0.15) is 0 Å². The predicted octanol–water partition coefficient (Wildman–Crippen LogP) is 3.68. The normalized spacial score (nSPS) is 12.6. The van der Waals surface area contributed by atoms with E-state index in [9.17, 15) is 5.11 Å². The summed E-state index contributed by atoms with van der Waals surface area (Å²) >= 11 is 0. The molecule has 6 nitrogen and oxygen atoms in total. The Hall–Kier alpha value is -2.96. The highest BCUT2D eigenvalue weighted by Gasteiger charge is 2.17. The molecule has 2 heterocycles. The van der Waals surface area contributed by atoms with Gasteiger partial charge in [-0.25, -0.2) is 4.68 Å². The number of hydrogen-bond acceptors (Lipinski definition) is 4. The van der Waals surface area contributed by atoms with E-state index >= 15 is 0 Å². The van der Waals surface area contributed by atoms with Crippen molar-refractivity contribution in [1.29, 1.82) is 0 Å². The van der Waals surface area contributed by atoms with Crippen LogP contribution in [0.15, 0.2) is 48.5 Å². The maximum Gasteiger partial charge on any atom is 0.183 e. The first-order chi connectivity index (χ1) is 13.0. The topological polar surface area (TPSA) is 65.1 Å². The van der Waals surface area contributed by atoms with Gasteiger partial charge >= 0.3 is 0 Å². The van der Waals surface area contributed by atoms with E-state index in [1.54, 1.807) is 11.7 Å². The monoisotopic (exact) mass is 362 g/mol. The molecular formula is C21H22N4O2. The lowest BCUT2D eigenvalue weighted by molar-refractivity contribution is -0.0760. The van der Waals surface area contributed by atoms with E-state index in [-0.39, 0.29) is 0 Å². The smallest absolute Gasteiger partial charge is 0.183 e. The van der Waals surface area contributed by atoms with Gasteiger partial charge in [0, 0.05) is 36.8 Å². The SMILES string of the molecule is COC(O)c1cc(-c2ccc(-n3c(C)ccc3C)cc2)cc2nnn(C)c12. The first-order valence-corrected chi connectivity index (χ1v) is 8.79. The summed E-state index contributed by atoms with van der Waals surface area (Å²) in [6.45, 7) is 4.20. The maximum absolute atomic E-state index is 10.3. The molecular weight excluding hydrogens is 340 g/mol. The van der Waals surface area contributed by atoms with Crippen molar-refractivity contribution in [3.63, 3.8) is 0 Å². The molecule has 0 saturated carbocycles. The van der Waals surface area contributed by atoms with E-state index < -0.39 is 6.29 Å². The molecule has 138 valence electrons. The fraction of sp³-hybridized carbons (Fsp3) is 0.238. The molecule has 0 aliphatic rings. The van der Waals surface area contributed by atoms with Gasteiger partial charge in [0.1, 0.15) is 5.52 Å². The lowest BCUT2D eigenvalue weighted by atomic mass is 10.0. The molecule has 0 radical (unpaired) electrons. The Labute approximate surface area is 157 Å². The summed E-state index contributed by atoms with van der Waals surface area (Å²) in [6.07, 6.45) is -1.03. The van der Waals surface area contributed by atoms with Crippen molar-refractivity contribution in [2.24, 2.45) is 7.05 Å². The fourth-order valence-electron chi connectivity index (χ4n) is 3.59. The fourth-order valence-corrected chi connectivity index (χ4v) is 3.59. The van der Waals surface area contributed by atoms with Gasteiger partial charge in [-0.05, 0) is 61.4 Å². The number of aliphatic hydroxyl groups is 1. The third-order valence-electron chi connectivity index (χ3n) is 4.95. The number of aromatic nitrogens is 4. The zero-order chi connectivity index (χ0) is 19.1. The van der Waals surface area contributed by atoms with Crippen LogP contribution in [0.5, 0.6) is 0 Å². The maximum atomic E-state index is 10.3. The summed E-state index contributed by atoms with van der Waals surface area (Å²) in [6, 6.07) is 16.5. The average Bonchev–Trinajstić information content (AvgIpc) is 3.22. The van der Waals surface area contributed by atoms with Crippen molar-refractivity contribution in [3.8, 4) is 16.8 Å². The molecule has 4 rings (SSSR count). The molecule has 27 heavy (non-hydrogen) atoms. The Kier molecular flexibility index (Phi) is 4.30. The lowest BCUT2D eigenvalue weighted by Gasteiger charge is -2.14. The second-order valence-electron chi connectivity index (χ2n) is 6.73. The molecule has 1 unspecified atom stereocenters. The van der Waals surface area contributed by atoms with Gasteiger partial charge in [-0.1, -0.05) is 17.3 Å². The van der Waals surface area contributed by atoms with Crippen molar-refractivity contribution >= 4 is 11.0 Å². The summed E-state index contributed by atoms with van der Waals surface area (Å²) < 4.78 is 9.01. The molecule has 2 aromatic heterocycles. The van der Waals surface area contributed by atoms with Crippen molar-refractivity contribution in [1.82, 2.24) is 19.6 Å². The van der Waals surface area contributed by atoms with Crippen LogP contribution in [0.2, 0.25) is 0 Å². The molecule has 0 bridgehead atoms. The zero-order valence-corrected chi connectivity index (χ0v) is 15.8. The molecule has 0 aliphatic heterocycles. The van der Waals surface area contributed by atoms with E-state index in [2.05, 4.69) is 65.1 Å². The summed E-state index contributed by atoms with van der Waals surface area (Å²) in [7, 11) is 3.28. The number of nitrogens with zero attached hydrogens (tertiary/aromatic N) is 4. The van der Waals surface area contributed by atoms with E-state index in [0.29, 0.717) is 5.56 Å². The molecule has 0 spiro atoms. The van der Waals surface area contributed by atoms with E-state index in [1.807, 2.05) is 12.1 Å². The van der Waals surface area contributed by atoms with Gasteiger partial charge in [0.05, 0.1) is 5.52 Å². The Morgan fingerprint density at radius 3 is 2.26 bits per heavy atom. The second-order valence-corrected chi connectivity index (χ2v) is 6.73. The number of fused-ring (bicyclic) bond motifs is 1. The van der Waals surface area contributed by atoms with Crippen LogP contribution in [0.3, 0.4) is 0 Å². The van der Waals surface area contributed by atoms with Crippen molar-refractivity contribution in [2.75, 3.05) is 7.11 Å². The summed E-state index contributed by atoms with van der Waals surface area (Å²) in [5, 5.41) is 18.6. The van der Waals surface area contributed by atoms with Crippen LogP contribution >= 0.6 is 0 Å². The van der Waals surface area contributed by atoms with Crippen molar-refractivity contribution in [3.05, 3.63) is 65.5 Å². The number of aryl methyl sites for hydroxylation is 3. The first kappa shape index (κ1) is 17.5. The van der Waals surface area contributed by atoms with Gasteiger partial charge in [0.2, 0.25) is 0 Å². The average molecular weight is 362 g/mol. The highest BCUT2D eigenvalue weighted by atomic mass is 16.6. The summed E-state index contributed by atoms with van der Waals surface area (Å²) in [5.74, 6) is 0. The molecule has 0 amide bonds. The molecule has 1 atom stereocenters. The van der Waals surface area contributed by atoms with Crippen LogP contribution < -0.4 is 0 Å². The third kappa shape index (κ3) is 2.93. The Balaban J connectivity index is 1.81. The predicted molar refractivity (Wildman–Crippen MR) is 105 cm³/mol. The summed E-state index contributed by atoms with van der Waals surface area (Å²) in [4.78, 5) is 0. The van der Waals surface area contributed by atoms with Crippen LogP contribution in [0.25, 0.3) is 27.8 Å². The van der Waals surface area contributed by atoms with E-state index in [1.165, 1.54) is 18.5 Å². The highest BCUT2D eigenvalue weighted by Crippen LogP contribution is 2.31. The second kappa shape index (κ2) is 6.64. The summed E-state index contributed by atoms with van der Waals surface area (Å²) in [5.41, 5.74) is 7.67. The van der Waals surface area contributed by atoms with Crippen LogP contribution in [-0.2, 0) is 11.8 Å². The van der Waals surface area contributed by atoms with Crippen LogP contribution in [0.4, 0.5) is 0 Å². The molecule has 6 heteroatoms. The molecule has 2 aromatic carbocycles. The van der Waals surface area contributed by atoms with Crippen molar-refractivity contribution < 1.29 is 9.84 Å². The minimum atomic E-state index is -1.03. The van der Waals surface area contributed by atoms with Gasteiger partial charge in [0.15, 0.2) is 6.29 Å². The van der Waals surface area contributed by atoms with Gasteiger partial charge in [-0.3, -0.25) is 0 Å². The largest absolute Gasteiger partial charge is 0.364 e. The number of aliphatic hydroxyl groups excluding tert-OH is 1. The Morgan fingerprint density at radius 1 is 0.963 bits per heavy atom. The van der Waals surface area contributed by atoms with Crippen LogP contribution in [0.1, 0.15) is 23.2 Å². The Bertz CT molecular complexity index is 1090. The number of rotatable bonds is 4.